The van der Waals surface area contributed by atoms with E-state index in [4.69, 9.17) is 27.4 Å². The lowest BCUT2D eigenvalue weighted by Crippen LogP contribution is -2.58. The van der Waals surface area contributed by atoms with Crippen molar-refractivity contribution >= 4 is 35.6 Å². The van der Waals surface area contributed by atoms with Crippen LogP contribution in [0.1, 0.15) is 37.8 Å². The minimum atomic E-state index is -1.82. The molecule has 12 N–H and O–H groups in total. The number of hydrogen-bond acceptors (Lipinski definition) is 9. The molecule has 0 aromatic carbocycles. The molecule has 0 aliphatic carbocycles. The molecule has 36 heavy (non-hydrogen) atoms. The van der Waals surface area contributed by atoms with Gasteiger partial charge in [0.1, 0.15) is 18.1 Å². The number of carboxylic acid groups (broad SMARTS) is 2. The first kappa shape index (κ1) is 30.0. The number of aromatic amines is 1. The molecule has 0 saturated heterocycles. The fourth-order valence-electron chi connectivity index (χ4n) is 3.07. The van der Waals surface area contributed by atoms with Gasteiger partial charge in [0.2, 0.25) is 23.6 Å². The van der Waals surface area contributed by atoms with Crippen molar-refractivity contribution in [3.63, 3.8) is 0 Å². The molecule has 0 aliphatic heterocycles. The Labute approximate surface area is 205 Å². The van der Waals surface area contributed by atoms with Crippen LogP contribution in [0.3, 0.4) is 0 Å². The van der Waals surface area contributed by atoms with E-state index >= 15 is 0 Å². The van der Waals surface area contributed by atoms with Gasteiger partial charge in [0, 0.05) is 18.3 Å². The highest BCUT2D eigenvalue weighted by molar-refractivity contribution is 5.96. The van der Waals surface area contributed by atoms with Crippen LogP contribution in [0.4, 0.5) is 0 Å². The van der Waals surface area contributed by atoms with Crippen molar-refractivity contribution in [2.75, 3.05) is 6.54 Å². The van der Waals surface area contributed by atoms with Crippen LogP contribution >= 0.6 is 0 Å². The van der Waals surface area contributed by atoms with Gasteiger partial charge in [-0.1, -0.05) is 6.42 Å². The molecule has 16 nitrogen and oxygen atoms in total. The van der Waals surface area contributed by atoms with E-state index in [1.807, 2.05) is 5.32 Å². The molecule has 0 fully saturated rings. The number of primary amides is 1. The normalized spacial score (nSPS) is 14.1. The molecule has 4 unspecified atom stereocenters. The van der Waals surface area contributed by atoms with Crippen LogP contribution in [0.5, 0.6) is 0 Å². The lowest BCUT2D eigenvalue weighted by Gasteiger charge is -2.24. The number of rotatable bonds is 17. The highest BCUT2D eigenvalue weighted by atomic mass is 16.4. The lowest BCUT2D eigenvalue weighted by atomic mass is 10.1. The molecule has 0 spiro atoms. The summed E-state index contributed by atoms with van der Waals surface area (Å²) in [6.45, 7) is 0.428. The second kappa shape index (κ2) is 15.0. The lowest BCUT2D eigenvalue weighted by molar-refractivity contribution is -0.147. The van der Waals surface area contributed by atoms with E-state index in [1.54, 1.807) is 0 Å². The summed E-state index contributed by atoms with van der Waals surface area (Å²) in [4.78, 5) is 78.4. The molecule has 200 valence electrons. The topological polar surface area (TPSA) is 286 Å². The number of aliphatic carboxylic acids is 2. The van der Waals surface area contributed by atoms with Crippen LogP contribution in [0.2, 0.25) is 0 Å². The summed E-state index contributed by atoms with van der Waals surface area (Å²) in [7, 11) is 0. The Morgan fingerprint density at radius 2 is 1.53 bits per heavy atom. The van der Waals surface area contributed by atoms with Crippen molar-refractivity contribution in [3.8, 4) is 0 Å². The van der Waals surface area contributed by atoms with Crippen molar-refractivity contribution in [2.24, 2.45) is 17.2 Å². The molecule has 1 rings (SSSR count). The Kier molecular flexibility index (Phi) is 12.5. The second-order valence-corrected chi connectivity index (χ2v) is 7.96. The zero-order chi connectivity index (χ0) is 27.3. The van der Waals surface area contributed by atoms with Gasteiger partial charge in [-0.3, -0.25) is 24.0 Å². The number of H-pyrrole nitrogens is 1. The number of nitrogens with two attached hydrogens (primary N) is 3. The minimum Gasteiger partial charge on any atom is -0.481 e. The number of nitrogens with zero attached hydrogens (tertiary/aromatic N) is 1. The number of carbonyl (C=O) groups excluding carboxylic acids is 4. The number of imidazole rings is 1. The maximum absolute atomic E-state index is 13.0. The maximum Gasteiger partial charge on any atom is 0.326 e. The number of amides is 4. The average Bonchev–Trinajstić information content (AvgIpc) is 3.30. The highest BCUT2D eigenvalue weighted by Crippen LogP contribution is 2.05. The van der Waals surface area contributed by atoms with Crippen molar-refractivity contribution in [1.82, 2.24) is 25.9 Å². The van der Waals surface area contributed by atoms with Crippen molar-refractivity contribution < 1.29 is 39.0 Å². The number of aromatic nitrogens is 2. The summed E-state index contributed by atoms with van der Waals surface area (Å²) in [5.74, 6) is -6.84. The summed E-state index contributed by atoms with van der Waals surface area (Å²) in [5, 5.41) is 24.7. The zero-order valence-electron chi connectivity index (χ0n) is 19.4. The van der Waals surface area contributed by atoms with E-state index in [0.29, 0.717) is 31.5 Å². The molecule has 4 amide bonds. The Balaban J connectivity index is 3.03. The van der Waals surface area contributed by atoms with E-state index in [9.17, 15) is 28.8 Å². The zero-order valence-corrected chi connectivity index (χ0v) is 19.4. The van der Waals surface area contributed by atoms with Gasteiger partial charge in [0.05, 0.1) is 25.2 Å². The summed E-state index contributed by atoms with van der Waals surface area (Å²) >= 11 is 0. The molecule has 0 saturated carbocycles. The molecular formula is C20H32N8O8. The quantitative estimate of drug-likeness (QED) is 0.0915. The molecule has 1 aromatic heterocycles. The maximum atomic E-state index is 13.0. The third-order valence-electron chi connectivity index (χ3n) is 4.95. The Morgan fingerprint density at radius 3 is 2.06 bits per heavy atom. The average molecular weight is 513 g/mol. The van der Waals surface area contributed by atoms with Crippen molar-refractivity contribution in [2.45, 2.75) is 62.7 Å². The predicted octanol–water partition coefficient (Wildman–Crippen LogP) is -3.70. The van der Waals surface area contributed by atoms with Gasteiger partial charge >= 0.3 is 11.9 Å². The van der Waals surface area contributed by atoms with E-state index in [2.05, 4.69) is 20.6 Å². The van der Waals surface area contributed by atoms with Gasteiger partial charge in [-0.05, 0) is 19.4 Å². The molecule has 0 radical (unpaired) electrons. The van der Waals surface area contributed by atoms with Crippen LogP contribution in [0.25, 0.3) is 0 Å². The molecular weight excluding hydrogens is 480 g/mol. The van der Waals surface area contributed by atoms with E-state index in [-0.39, 0.29) is 6.42 Å². The summed E-state index contributed by atoms with van der Waals surface area (Å²) < 4.78 is 0. The van der Waals surface area contributed by atoms with Crippen LogP contribution in [-0.4, -0.2) is 86.5 Å². The van der Waals surface area contributed by atoms with Crippen LogP contribution in [-0.2, 0) is 35.2 Å². The minimum absolute atomic E-state index is 0.0885. The van der Waals surface area contributed by atoms with Crippen molar-refractivity contribution in [3.05, 3.63) is 18.2 Å². The Morgan fingerprint density at radius 1 is 0.917 bits per heavy atom. The Hall–Kier alpha value is -4.05. The first-order chi connectivity index (χ1) is 16.9. The van der Waals surface area contributed by atoms with Gasteiger partial charge in [-0.25, -0.2) is 9.78 Å². The van der Waals surface area contributed by atoms with Crippen LogP contribution < -0.4 is 33.2 Å². The van der Waals surface area contributed by atoms with Crippen LogP contribution in [0, 0.1) is 0 Å². The van der Waals surface area contributed by atoms with Crippen LogP contribution in [0.15, 0.2) is 12.5 Å². The largest absolute Gasteiger partial charge is 0.481 e. The number of carboxylic acids is 2. The second-order valence-electron chi connectivity index (χ2n) is 7.96. The molecule has 16 heteroatoms. The number of unbranched alkanes of at least 4 members (excludes halogenated alkanes) is 1. The number of carbonyl (C=O) groups is 6. The fraction of sp³-hybridized carbons (Fsp3) is 0.550. The summed E-state index contributed by atoms with van der Waals surface area (Å²) in [6.07, 6.45) is 2.56. The van der Waals surface area contributed by atoms with Gasteiger partial charge < -0.3 is 48.3 Å². The standard InChI is InChI=1S/C20H32N8O8/c21-4-2-1-3-11(22)17(32)26-12(5-10-8-24-9-25-10)18(33)27-13(6-15(23)29)19(34)28-14(20(35)36)7-16(30)31/h8-9,11-14H,1-7,21-22H2,(H2,23,29)(H,24,25)(H,26,32)(H,27,33)(H,28,34)(H,30,31)(H,35,36). The molecule has 1 aromatic rings. The SMILES string of the molecule is NCCCCC(N)C(=O)NC(Cc1cnc[nH]1)C(=O)NC(CC(N)=O)C(=O)NC(CC(=O)O)C(=O)O. The smallest absolute Gasteiger partial charge is 0.326 e. The van der Waals surface area contributed by atoms with E-state index < -0.39 is 72.6 Å². The number of hydrogen-bond donors (Lipinski definition) is 9. The summed E-state index contributed by atoms with van der Waals surface area (Å²) in [5.41, 5.74) is 16.9. The van der Waals surface area contributed by atoms with Gasteiger partial charge in [-0.2, -0.15) is 0 Å². The molecule has 0 bridgehead atoms. The van der Waals surface area contributed by atoms with Gasteiger partial charge in [0.15, 0.2) is 0 Å². The van der Waals surface area contributed by atoms with E-state index in [1.165, 1.54) is 12.5 Å². The monoisotopic (exact) mass is 512 g/mol. The molecule has 4 atom stereocenters. The third kappa shape index (κ3) is 10.9. The number of nitrogens with one attached hydrogen (secondary N) is 4. The third-order valence-corrected chi connectivity index (χ3v) is 4.95. The van der Waals surface area contributed by atoms with E-state index in [0.717, 1.165) is 0 Å². The van der Waals surface area contributed by atoms with Gasteiger partial charge in [-0.15, -0.1) is 0 Å². The first-order valence-corrected chi connectivity index (χ1v) is 11.0. The Bertz CT molecular complexity index is 923. The predicted molar refractivity (Wildman–Crippen MR) is 123 cm³/mol. The van der Waals surface area contributed by atoms with Gasteiger partial charge in [0.25, 0.3) is 0 Å². The molecule has 0 aliphatic rings. The fourth-order valence-corrected chi connectivity index (χ4v) is 3.07. The summed E-state index contributed by atoms with van der Waals surface area (Å²) in [6, 6.07) is -5.68. The molecule has 1 heterocycles. The van der Waals surface area contributed by atoms with Crippen molar-refractivity contribution in [1.29, 1.82) is 0 Å². The highest BCUT2D eigenvalue weighted by Gasteiger charge is 2.32. The first-order valence-electron chi connectivity index (χ1n) is 11.0.